The van der Waals surface area contributed by atoms with Crippen LogP contribution in [0.3, 0.4) is 0 Å². The Labute approximate surface area is 176 Å². The highest BCUT2D eigenvalue weighted by Crippen LogP contribution is 2.34. The van der Waals surface area contributed by atoms with Gasteiger partial charge in [0.1, 0.15) is 11.3 Å². The minimum absolute atomic E-state index is 0.215. The molecule has 9 heteroatoms. The summed E-state index contributed by atoms with van der Waals surface area (Å²) in [5, 5.41) is 1.04. The maximum Gasteiger partial charge on any atom is 0.236 e. The number of thiazole rings is 1. The quantitative estimate of drug-likeness (QED) is 0.738. The van der Waals surface area contributed by atoms with Gasteiger partial charge in [-0.05, 0) is 51.6 Å². The summed E-state index contributed by atoms with van der Waals surface area (Å²) in [5.41, 5.74) is 0.862. The number of hydrogen-bond acceptors (Lipinski definition) is 7. The summed E-state index contributed by atoms with van der Waals surface area (Å²) >= 11 is 1.66. The molecule has 3 fully saturated rings. The third-order valence-corrected chi connectivity index (χ3v) is 9.42. The fraction of sp³-hybridized carbons (Fsp3) is 0.700. The Balaban J connectivity index is 1.30. The lowest BCUT2D eigenvalue weighted by Gasteiger charge is -2.40. The molecule has 2 aromatic heterocycles. The normalized spacial score (nSPS) is 24.3. The van der Waals surface area contributed by atoms with Crippen molar-refractivity contribution in [2.45, 2.75) is 51.0 Å². The number of fused-ring (bicyclic) bond motifs is 1. The van der Waals surface area contributed by atoms with E-state index in [1.54, 1.807) is 17.5 Å². The largest absolute Gasteiger partial charge is 0.348 e. The summed E-state index contributed by atoms with van der Waals surface area (Å²) in [6, 6.07) is 2.62. The average molecular weight is 436 g/mol. The summed E-state index contributed by atoms with van der Waals surface area (Å²) < 4.78 is 27.3. The molecular formula is C20H29N5O2S2. The number of hydrogen-bond donors (Lipinski definition) is 0. The second-order valence-electron chi connectivity index (χ2n) is 8.42. The molecule has 0 aromatic carbocycles. The minimum Gasteiger partial charge on any atom is -0.348 e. The van der Waals surface area contributed by atoms with Gasteiger partial charge in [0.05, 0.1) is 16.6 Å². The predicted molar refractivity (Wildman–Crippen MR) is 118 cm³/mol. The van der Waals surface area contributed by atoms with Crippen LogP contribution in [0.15, 0.2) is 12.3 Å². The molecule has 0 amide bonds. The van der Waals surface area contributed by atoms with Gasteiger partial charge in [-0.15, -0.1) is 0 Å². The highest BCUT2D eigenvalue weighted by Gasteiger charge is 2.29. The van der Waals surface area contributed by atoms with Gasteiger partial charge in [-0.2, -0.15) is 0 Å². The molecule has 0 aliphatic carbocycles. The van der Waals surface area contributed by atoms with E-state index < -0.39 is 10.0 Å². The topological polar surface area (TPSA) is 69.6 Å². The van der Waals surface area contributed by atoms with Crippen LogP contribution in [0.25, 0.3) is 10.2 Å². The van der Waals surface area contributed by atoms with E-state index in [2.05, 4.69) is 14.8 Å². The minimum atomic E-state index is -3.24. The lowest BCUT2D eigenvalue weighted by molar-refractivity contribution is 0.141. The first-order valence-electron chi connectivity index (χ1n) is 10.9. The number of likely N-dealkylation sites (tertiary alicyclic amines) is 1. The molecule has 0 unspecified atom stereocenters. The van der Waals surface area contributed by atoms with Crippen molar-refractivity contribution in [2.24, 2.45) is 0 Å². The highest BCUT2D eigenvalue weighted by molar-refractivity contribution is 7.92. The lowest BCUT2D eigenvalue weighted by Crippen LogP contribution is -2.46. The zero-order valence-corrected chi connectivity index (χ0v) is 18.4. The molecule has 3 aliphatic heterocycles. The molecule has 0 atom stereocenters. The number of nitrogens with zero attached hydrogens (tertiary/aromatic N) is 5. The number of rotatable bonds is 3. The van der Waals surface area contributed by atoms with Crippen molar-refractivity contribution in [1.82, 2.24) is 14.9 Å². The third-order valence-electron chi connectivity index (χ3n) is 6.50. The molecule has 7 nitrogen and oxygen atoms in total. The molecule has 5 rings (SSSR count). The summed E-state index contributed by atoms with van der Waals surface area (Å²) in [7, 11) is -3.24. The Morgan fingerprint density at radius 1 is 0.966 bits per heavy atom. The van der Waals surface area contributed by atoms with Crippen LogP contribution in [0, 0.1) is 0 Å². The van der Waals surface area contributed by atoms with Crippen molar-refractivity contribution in [3.05, 3.63) is 12.3 Å². The van der Waals surface area contributed by atoms with Gasteiger partial charge >= 0.3 is 0 Å². The van der Waals surface area contributed by atoms with E-state index in [0.29, 0.717) is 12.4 Å². The molecule has 2 aromatic rings. The van der Waals surface area contributed by atoms with Crippen molar-refractivity contribution >= 4 is 42.5 Å². The fourth-order valence-electron chi connectivity index (χ4n) is 4.83. The Bertz CT molecular complexity index is 962. The van der Waals surface area contributed by atoms with Crippen molar-refractivity contribution in [3.63, 3.8) is 0 Å². The van der Waals surface area contributed by atoms with Gasteiger partial charge in [0, 0.05) is 31.7 Å². The van der Waals surface area contributed by atoms with Crippen LogP contribution in [-0.2, 0) is 10.0 Å². The maximum atomic E-state index is 12.4. The molecule has 3 saturated heterocycles. The van der Waals surface area contributed by atoms with Crippen molar-refractivity contribution < 1.29 is 8.42 Å². The number of aromatic nitrogens is 2. The molecule has 0 spiro atoms. The predicted octanol–water partition coefficient (Wildman–Crippen LogP) is 3.08. The molecule has 0 radical (unpaired) electrons. The Morgan fingerprint density at radius 3 is 2.48 bits per heavy atom. The zero-order valence-electron chi connectivity index (χ0n) is 16.8. The lowest BCUT2D eigenvalue weighted by atomic mass is 10.0. The molecule has 158 valence electrons. The first kappa shape index (κ1) is 19.5. The molecular weight excluding hydrogens is 406 g/mol. The zero-order chi connectivity index (χ0) is 19.8. The van der Waals surface area contributed by atoms with Crippen LogP contribution in [0.1, 0.15) is 44.9 Å². The summed E-state index contributed by atoms with van der Waals surface area (Å²) in [6.45, 7) is 5.14. The van der Waals surface area contributed by atoms with Gasteiger partial charge in [0.15, 0.2) is 5.13 Å². The molecule has 0 N–H and O–H groups in total. The number of anilines is 2. The molecule has 5 heterocycles. The second kappa shape index (κ2) is 8.00. The monoisotopic (exact) mass is 435 g/mol. The fourth-order valence-corrected chi connectivity index (χ4v) is 7.43. The second-order valence-corrected chi connectivity index (χ2v) is 11.4. The van der Waals surface area contributed by atoms with Crippen LogP contribution in [-0.4, -0.2) is 67.8 Å². The summed E-state index contributed by atoms with van der Waals surface area (Å²) in [4.78, 5) is 14.3. The van der Waals surface area contributed by atoms with Gasteiger partial charge in [0.2, 0.25) is 10.0 Å². The maximum absolute atomic E-state index is 12.4. The molecule has 0 saturated carbocycles. The highest BCUT2D eigenvalue weighted by atomic mass is 32.2. The van der Waals surface area contributed by atoms with E-state index in [9.17, 15) is 8.42 Å². The molecule has 0 bridgehead atoms. The first-order valence-corrected chi connectivity index (χ1v) is 13.3. The number of pyridine rings is 1. The SMILES string of the molecule is O=S1(=O)CCCCN1c1cc2sc(N3CCC(N4CCCCC4)CC3)nc2cn1. The Hall–Kier alpha value is -1.45. The first-order chi connectivity index (χ1) is 14.1. The number of piperidine rings is 2. The Morgan fingerprint density at radius 2 is 1.72 bits per heavy atom. The van der Waals surface area contributed by atoms with E-state index in [1.165, 1.54) is 49.5 Å². The van der Waals surface area contributed by atoms with Crippen molar-refractivity contribution in [2.75, 3.05) is 47.7 Å². The van der Waals surface area contributed by atoms with Crippen LogP contribution < -0.4 is 9.21 Å². The van der Waals surface area contributed by atoms with E-state index in [0.717, 1.165) is 47.3 Å². The van der Waals surface area contributed by atoms with E-state index >= 15 is 0 Å². The average Bonchev–Trinajstić information content (AvgIpc) is 3.17. The standard InChI is InChI=1S/C20H29N5O2S2/c26-29(27)13-5-4-10-25(29)19-14-18-17(15-21-19)22-20(28-18)24-11-6-16(7-12-24)23-8-2-1-3-9-23/h14-16H,1-13H2. The molecule has 29 heavy (non-hydrogen) atoms. The van der Waals surface area contributed by atoms with E-state index in [1.807, 2.05) is 6.07 Å². The van der Waals surface area contributed by atoms with Crippen LogP contribution in [0.4, 0.5) is 10.9 Å². The van der Waals surface area contributed by atoms with Crippen molar-refractivity contribution in [3.8, 4) is 0 Å². The third kappa shape index (κ3) is 3.96. The summed E-state index contributed by atoms with van der Waals surface area (Å²) in [6.07, 6.45) is 9.83. The summed E-state index contributed by atoms with van der Waals surface area (Å²) in [5.74, 6) is 0.753. The van der Waals surface area contributed by atoms with Crippen molar-refractivity contribution in [1.29, 1.82) is 0 Å². The van der Waals surface area contributed by atoms with Gasteiger partial charge in [-0.3, -0.25) is 4.31 Å². The van der Waals surface area contributed by atoms with Crippen LogP contribution in [0.5, 0.6) is 0 Å². The molecule has 3 aliphatic rings. The van der Waals surface area contributed by atoms with Crippen LogP contribution in [0.2, 0.25) is 0 Å². The van der Waals surface area contributed by atoms with E-state index in [4.69, 9.17) is 4.98 Å². The van der Waals surface area contributed by atoms with Gasteiger partial charge < -0.3 is 9.80 Å². The van der Waals surface area contributed by atoms with Crippen LogP contribution >= 0.6 is 11.3 Å². The van der Waals surface area contributed by atoms with Gasteiger partial charge in [-0.25, -0.2) is 18.4 Å². The Kier molecular flexibility index (Phi) is 5.38. The smallest absolute Gasteiger partial charge is 0.236 e. The number of sulfonamides is 1. The van der Waals surface area contributed by atoms with Gasteiger partial charge in [0.25, 0.3) is 0 Å². The van der Waals surface area contributed by atoms with E-state index in [-0.39, 0.29) is 5.75 Å². The van der Waals surface area contributed by atoms with Gasteiger partial charge in [-0.1, -0.05) is 17.8 Å².